The van der Waals surface area contributed by atoms with Crippen LogP contribution in [0.15, 0.2) is 23.1 Å². The van der Waals surface area contributed by atoms with Crippen molar-refractivity contribution in [1.82, 2.24) is 5.32 Å². The number of carbonyl (C=O) groups excluding carboxylic acids is 1. The maximum absolute atomic E-state index is 13.4. The predicted molar refractivity (Wildman–Crippen MR) is 71.2 cm³/mol. The van der Waals surface area contributed by atoms with Gasteiger partial charge in [0, 0.05) is 10.6 Å². The number of esters is 1. The molecule has 3 nitrogen and oxygen atoms in total. The Bertz CT molecular complexity index is 456. The first-order valence-electron chi connectivity index (χ1n) is 5.78. The normalized spacial score (nSPS) is 13.9. The molecule has 0 aliphatic rings. The average molecular weight is 289 g/mol. The van der Waals surface area contributed by atoms with Crippen molar-refractivity contribution in [3.63, 3.8) is 0 Å². The average Bonchev–Trinajstić information content (AvgIpc) is 2.41. The number of rotatable bonds is 6. The molecule has 0 fully saturated rings. The van der Waals surface area contributed by atoms with Gasteiger partial charge in [0.05, 0.1) is 7.11 Å². The Balaban J connectivity index is 2.62. The van der Waals surface area contributed by atoms with Crippen LogP contribution in [0.4, 0.5) is 8.78 Å². The maximum atomic E-state index is 13.4. The zero-order valence-electron chi connectivity index (χ0n) is 11.1. The van der Waals surface area contributed by atoms with Crippen molar-refractivity contribution < 1.29 is 18.3 Å². The van der Waals surface area contributed by atoms with E-state index in [1.165, 1.54) is 18.9 Å². The van der Waals surface area contributed by atoms with Gasteiger partial charge in [-0.3, -0.25) is 4.79 Å². The molecule has 0 heterocycles. The zero-order valence-corrected chi connectivity index (χ0v) is 11.9. The number of hydrogen-bond acceptors (Lipinski definition) is 4. The lowest BCUT2D eigenvalue weighted by molar-refractivity contribution is -0.147. The lowest BCUT2D eigenvalue weighted by atomic mass is 10.00. The molecule has 6 heteroatoms. The molecule has 19 heavy (non-hydrogen) atoms. The smallest absolute Gasteiger partial charge is 0.325 e. The number of ether oxygens (including phenoxy) is 1. The van der Waals surface area contributed by atoms with Crippen molar-refractivity contribution in [3.05, 3.63) is 29.8 Å². The molecule has 0 aliphatic carbocycles. The van der Waals surface area contributed by atoms with Gasteiger partial charge in [0.1, 0.15) is 17.2 Å². The van der Waals surface area contributed by atoms with Crippen LogP contribution < -0.4 is 5.32 Å². The van der Waals surface area contributed by atoms with Crippen molar-refractivity contribution in [3.8, 4) is 0 Å². The summed E-state index contributed by atoms with van der Waals surface area (Å²) in [4.78, 5) is 11.8. The molecule has 0 radical (unpaired) electrons. The van der Waals surface area contributed by atoms with E-state index in [-0.39, 0.29) is 10.9 Å². The number of halogens is 2. The van der Waals surface area contributed by atoms with E-state index in [9.17, 15) is 13.6 Å². The van der Waals surface area contributed by atoms with E-state index in [4.69, 9.17) is 4.74 Å². The first kappa shape index (κ1) is 15.9. The monoisotopic (exact) mass is 289 g/mol. The molecule has 0 saturated carbocycles. The summed E-state index contributed by atoms with van der Waals surface area (Å²) in [5.41, 5.74) is -0.828. The molecule has 0 aromatic heterocycles. The van der Waals surface area contributed by atoms with E-state index < -0.39 is 17.2 Å². The summed E-state index contributed by atoms with van der Waals surface area (Å²) in [6, 6.07) is 3.32. The molecule has 0 aliphatic heterocycles. The van der Waals surface area contributed by atoms with Crippen LogP contribution in [0, 0.1) is 11.6 Å². The number of methoxy groups -OCH3 is 1. The minimum Gasteiger partial charge on any atom is -0.468 e. The Morgan fingerprint density at radius 3 is 2.74 bits per heavy atom. The molecular formula is C13H17F2NO2S. The van der Waals surface area contributed by atoms with Gasteiger partial charge in [-0.2, -0.15) is 0 Å². The molecule has 1 N–H and O–H groups in total. The molecule has 1 aromatic rings. The summed E-state index contributed by atoms with van der Waals surface area (Å²) in [5.74, 6) is -0.855. The van der Waals surface area contributed by atoms with Crippen LogP contribution >= 0.6 is 11.8 Å². The summed E-state index contributed by atoms with van der Waals surface area (Å²) in [6.07, 6.45) is 0.441. The standard InChI is InChI=1S/C13H17F2NO2S/c1-13(16-2,12(17)18-3)6-7-19-11-8-9(14)4-5-10(11)15/h4-5,8,16H,6-7H2,1-3H3. The van der Waals surface area contributed by atoms with Gasteiger partial charge in [0.15, 0.2) is 0 Å². The van der Waals surface area contributed by atoms with E-state index in [2.05, 4.69) is 5.32 Å². The number of hydrogen-bond donors (Lipinski definition) is 1. The molecular weight excluding hydrogens is 272 g/mol. The minimum absolute atomic E-state index is 0.239. The number of nitrogens with one attached hydrogen (secondary N) is 1. The summed E-state index contributed by atoms with van der Waals surface area (Å²) in [6.45, 7) is 1.71. The van der Waals surface area contributed by atoms with Crippen LogP contribution in [0.3, 0.4) is 0 Å². The topological polar surface area (TPSA) is 38.3 Å². The summed E-state index contributed by atoms with van der Waals surface area (Å²) < 4.78 is 31.1. The summed E-state index contributed by atoms with van der Waals surface area (Å²) in [5, 5.41) is 2.89. The van der Waals surface area contributed by atoms with Crippen LogP contribution in [-0.4, -0.2) is 31.4 Å². The second kappa shape index (κ2) is 6.86. The number of carbonyl (C=O) groups is 1. The highest BCUT2D eigenvalue weighted by atomic mass is 32.2. The Morgan fingerprint density at radius 1 is 1.47 bits per heavy atom. The quantitative estimate of drug-likeness (QED) is 0.645. The van der Waals surface area contributed by atoms with Gasteiger partial charge in [-0.15, -0.1) is 11.8 Å². The Hall–Kier alpha value is -1.14. The highest BCUT2D eigenvalue weighted by Gasteiger charge is 2.32. The van der Waals surface area contributed by atoms with Gasteiger partial charge in [-0.1, -0.05) is 0 Å². The second-order valence-corrected chi connectivity index (χ2v) is 5.38. The van der Waals surface area contributed by atoms with Crippen LogP contribution in [0.5, 0.6) is 0 Å². The lowest BCUT2D eigenvalue weighted by Crippen LogP contribution is -2.48. The number of thioether (sulfide) groups is 1. The fourth-order valence-corrected chi connectivity index (χ4v) is 2.64. The minimum atomic E-state index is -0.828. The predicted octanol–water partition coefficient (Wildman–Crippen LogP) is 2.60. The fraction of sp³-hybridized carbons (Fsp3) is 0.462. The maximum Gasteiger partial charge on any atom is 0.325 e. The van der Waals surface area contributed by atoms with Crippen molar-refractivity contribution in [1.29, 1.82) is 0 Å². The van der Waals surface area contributed by atoms with Gasteiger partial charge in [-0.25, -0.2) is 8.78 Å². The molecule has 1 atom stereocenters. The first-order valence-corrected chi connectivity index (χ1v) is 6.76. The third kappa shape index (κ3) is 4.18. The zero-order chi connectivity index (χ0) is 14.5. The van der Waals surface area contributed by atoms with E-state index in [1.54, 1.807) is 14.0 Å². The Morgan fingerprint density at radius 2 is 2.16 bits per heavy atom. The highest BCUT2D eigenvalue weighted by Crippen LogP contribution is 2.25. The second-order valence-electron chi connectivity index (χ2n) is 4.25. The molecule has 0 saturated heterocycles. The van der Waals surface area contributed by atoms with Gasteiger partial charge in [0.2, 0.25) is 0 Å². The van der Waals surface area contributed by atoms with Crippen molar-refractivity contribution in [2.75, 3.05) is 19.9 Å². The van der Waals surface area contributed by atoms with E-state index in [0.29, 0.717) is 12.2 Å². The molecule has 0 spiro atoms. The molecule has 106 valence electrons. The largest absolute Gasteiger partial charge is 0.468 e. The Kier molecular flexibility index (Phi) is 5.75. The fourth-order valence-electron chi connectivity index (χ4n) is 1.51. The van der Waals surface area contributed by atoms with Gasteiger partial charge in [0.25, 0.3) is 0 Å². The third-order valence-corrected chi connectivity index (χ3v) is 3.97. The third-order valence-electron chi connectivity index (χ3n) is 2.94. The van der Waals surface area contributed by atoms with E-state index >= 15 is 0 Å². The molecule has 1 unspecified atom stereocenters. The van der Waals surface area contributed by atoms with Crippen molar-refractivity contribution >= 4 is 17.7 Å². The first-order chi connectivity index (χ1) is 8.92. The van der Waals surface area contributed by atoms with Crippen molar-refractivity contribution in [2.24, 2.45) is 0 Å². The van der Waals surface area contributed by atoms with E-state index in [0.717, 1.165) is 18.2 Å². The van der Waals surface area contributed by atoms with Crippen LogP contribution in [0.1, 0.15) is 13.3 Å². The van der Waals surface area contributed by atoms with Crippen LogP contribution in [-0.2, 0) is 9.53 Å². The van der Waals surface area contributed by atoms with Gasteiger partial charge < -0.3 is 10.1 Å². The Labute approximate surface area is 115 Å². The lowest BCUT2D eigenvalue weighted by Gasteiger charge is -2.25. The van der Waals surface area contributed by atoms with E-state index in [1.807, 2.05) is 0 Å². The van der Waals surface area contributed by atoms with Gasteiger partial charge >= 0.3 is 5.97 Å². The number of benzene rings is 1. The summed E-state index contributed by atoms with van der Waals surface area (Å²) in [7, 11) is 2.97. The molecule has 0 bridgehead atoms. The molecule has 1 rings (SSSR count). The summed E-state index contributed by atoms with van der Waals surface area (Å²) >= 11 is 1.17. The number of likely N-dealkylation sites (N-methyl/N-ethyl adjacent to an activating group) is 1. The molecule has 0 amide bonds. The molecule has 1 aromatic carbocycles. The van der Waals surface area contributed by atoms with Gasteiger partial charge in [-0.05, 0) is 38.6 Å². The van der Waals surface area contributed by atoms with Crippen LogP contribution in [0.25, 0.3) is 0 Å². The van der Waals surface area contributed by atoms with Crippen molar-refractivity contribution in [2.45, 2.75) is 23.8 Å². The SMILES string of the molecule is CNC(C)(CCSc1cc(F)ccc1F)C(=O)OC. The van der Waals surface area contributed by atoms with Crippen LogP contribution in [0.2, 0.25) is 0 Å². The highest BCUT2D eigenvalue weighted by molar-refractivity contribution is 7.99.